The zero-order valence-electron chi connectivity index (χ0n) is 10.6. The number of benzene rings is 1. The van der Waals surface area contributed by atoms with Crippen molar-refractivity contribution < 1.29 is 0 Å². The van der Waals surface area contributed by atoms with Gasteiger partial charge in [-0.3, -0.25) is 0 Å². The van der Waals surface area contributed by atoms with Crippen molar-refractivity contribution in [3.8, 4) is 0 Å². The predicted molar refractivity (Wildman–Crippen MR) is 79.4 cm³/mol. The maximum absolute atomic E-state index is 2.31. The maximum atomic E-state index is 2.31. The summed E-state index contributed by atoms with van der Waals surface area (Å²) in [6.07, 6.45) is 9.18. The second-order valence-corrected chi connectivity index (χ2v) is 3.95. The highest BCUT2D eigenvalue weighted by molar-refractivity contribution is 5.27. The second-order valence-electron chi connectivity index (χ2n) is 3.95. The van der Waals surface area contributed by atoms with Crippen LogP contribution >= 0.6 is 0 Å². The molecular weight excluding hydrogens is 204 g/mol. The predicted octanol–water partition coefficient (Wildman–Crippen LogP) is 5.73. The van der Waals surface area contributed by atoms with Gasteiger partial charge >= 0.3 is 0 Å². The molecule has 0 bridgehead atoms. The molecular formula is C17H26. The van der Waals surface area contributed by atoms with E-state index in [-0.39, 0.29) is 7.43 Å². The summed E-state index contributed by atoms with van der Waals surface area (Å²) in [4.78, 5) is 0. The van der Waals surface area contributed by atoms with Crippen LogP contribution in [0.3, 0.4) is 0 Å². The van der Waals surface area contributed by atoms with E-state index in [1.807, 2.05) is 13.8 Å². The van der Waals surface area contributed by atoms with Crippen LogP contribution in [0.4, 0.5) is 0 Å². The van der Waals surface area contributed by atoms with Crippen LogP contribution in [-0.4, -0.2) is 0 Å². The van der Waals surface area contributed by atoms with Crippen molar-refractivity contribution in [3.05, 3.63) is 59.7 Å². The first-order valence-electron chi connectivity index (χ1n) is 6.25. The highest BCUT2D eigenvalue weighted by Crippen LogP contribution is 2.26. The fourth-order valence-corrected chi connectivity index (χ4v) is 1.89. The number of allylic oxidation sites excluding steroid dienone is 4. The van der Waals surface area contributed by atoms with Gasteiger partial charge in [-0.15, -0.1) is 0 Å². The van der Waals surface area contributed by atoms with Crippen molar-refractivity contribution in [3.63, 3.8) is 0 Å². The van der Waals surface area contributed by atoms with Gasteiger partial charge in [0, 0.05) is 5.92 Å². The van der Waals surface area contributed by atoms with E-state index in [0.717, 1.165) is 0 Å². The lowest BCUT2D eigenvalue weighted by molar-refractivity contribution is 0.737. The monoisotopic (exact) mass is 230 g/mol. The van der Waals surface area contributed by atoms with Gasteiger partial charge in [-0.05, 0) is 25.3 Å². The van der Waals surface area contributed by atoms with Gasteiger partial charge in [-0.2, -0.15) is 0 Å². The van der Waals surface area contributed by atoms with E-state index in [4.69, 9.17) is 0 Å². The Balaban J connectivity index is 0.000000811. The molecule has 1 aliphatic rings. The van der Waals surface area contributed by atoms with Crippen molar-refractivity contribution in [2.75, 3.05) is 0 Å². The molecule has 0 N–H and O–H groups in total. The van der Waals surface area contributed by atoms with Crippen molar-refractivity contribution in [2.24, 2.45) is 0 Å². The third kappa shape index (κ3) is 5.04. The molecule has 94 valence electrons. The molecule has 0 heterocycles. The van der Waals surface area contributed by atoms with Gasteiger partial charge in [0.05, 0.1) is 0 Å². The van der Waals surface area contributed by atoms with Crippen molar-refractivity contribution in [1.29, 1.82) is 0 Å². The summed E-state index contributed by atoms with van der Waals surface area (Å²) in [5.41, 5.74) is 2.92. The van der Waals surface area contributed by atoms with Crippen molar-refractivity contribution in [1.82, 2.24) is 0 Å². The maximum Gasteiger partial charge on any atom is 0.00241 e. The second kappa shape index (κ2) is 8.81. The summed E-state index contributed by atoms with van der Waals surface area (Å²) in [7, 11) is 0. The first-order valence-corrected chi connectivity index (χ1v) is 6.25. The van der Waals surface area contributed by atoms with Crippen LogP contribution in [0.5, 0.6) is 0 Å². The van der Waals surface area contributed by atoms with Gasteiger partial charge in [0.15, 0.2) is 0 Å². The normalized spacial score (nSPS) is 18.1. The van der Waals surface area contributed by atoms with Crippen LogP contribution in [0, 0.1) is 0 Å². The Kier molecular flexibility index (Phi) is 8.13. The van der Waals surface area contributed by atoms with Crippen LogP contribution in [-0.2, 0) is 0 Å². The van der Waals surface area contributed by atoms with E-state index >= 15 is 0 Å². The van der Waals surface area contributed by atoms with Gasteiger partial charge in [0.1, 0.15) is 0 Å². The molecule has 1 aliphatic carbocycles. The Morgan fingerprint density at radius 3 is 2.35 bits per heavy atom. The average Bonchev–Trinajstić information content (AvgIpc) is 2.58. The van der Waals surface area contributed by atoms with E-state index in [1.165, 1.54) is 24.0 Å². The molecule has 0 aromatic heterocycles. The van der Waals surface area contributed by atoms with E-state index < -0.39 is 0 Å². The van der Waals surface area contributed by atoms with E-state index in [1.54, 1.807) is 0 Å². The summed E-state index contributed by atoms with van der Waals surface area (Å²) < 4.78 is 0. The average molecular weight is 230 g/mol. The molecule has 0 saturated carbocycles. The highest BCUT2D eigenvalue weighted by Gasteiger charge is 2.08. The third-order valence-corrected chi connectivity index (χ3v) is 2.80. The fourth-order valence-electron chi connectivity index (χ4n) is 1.89. The van der Waals surface area contributed by atoms with Crippen LogP contribution in [0.25, 0.3) is 0 Å². The summed E-state index contributed by atoms with van der Waals surface area (Å²) >= 11 is 0. The molecule has 2 rings (SSSR count). The van der Waals surface area contributed by atoms with Gasteiger partial charge in [0.2, 0.25) is 0 Å². The zero-order chi connectivity index (χ0) is 11.8. The van der Waals surface area contributed by atoms with Crippen LogP contribution in [0.1, 0.15) is 52.5 Å². The van der Waals surface area contributed by atoms with Gasteiger partial charge < -0.3 is 0 Å². The molecule has 0 fully saturated rings. The lowest BCUT2D eigenvalue weighted by atomic mass is 9.94. The minimum atomic E-state index is 0. The molecule has 1 unspecified atom stereocenters. The molecule has 1 atom stereocenters. The molecule has 0 radical (unpaired) electrons. The Bertz CT molecular complexity index is 344. The minimum absolute atomic E-state index is 0. The van der Waals surface area contributed by atoms with Crippen molar-refractivity contribution in [2.45, 2.75) is 47.0 Å². The molecule has 0 spiro atoms. The Morgan fingerprint density at radius 2 is 1.71 bits per heavy atom. The topological polar surface area (TPSA) is 0 Å². The van der Waals surface area contributed by atoms with Crippen molar-refractivity contribution >= 4 is 0 Å². The first-order chi connectivity index (χ1) is 7.86. The summed E-state index contributed by atoms with van der Waals surface area (Å²) in [5.74, 6) is 0.602. The van der Waals surface area contributed by atoms with Crippen LogP contribution in [0.15, 0.2) is 54.1 Å². The molecule has 0 amide bonds. The highest BCUT2D eigenvalue weighted by atomic mass is 14.1. The lowest BCUT2D eigenvalue weighted by Gasteiger charge is -2.11. The van der Waals surface area contributed by atoms with Gasteiger partial charge in [-0.25, -0.2) is 0 Å². The van der Waals surface area contributed by atoms with E-state index in [9.17, 15) is 0 Å². The molecule has 0 aliphatic heterocycles. The van der Waals surface area contributed by atoms with E-state index in [2.05, 4.69) is 55.5 Å². The fraction of sp³-hybridized carbons (Fsp3) is 0.412. The Hall–Kier alpha value is -1.30. The molecule has 17 heavy (non-hydrogen) atoms. The quantitative estimate of drug-likeness (QED) is 0.578. The smallest absolute Gasteiger partial charge is 0.00241 e. The zero-order valence-corrected chi connectivity index (χ0v) is 10.6. The van der Waals surface area contributed by atoms with Gasteiger partial charge in [0.25, 0.3) is 0 Å². The summed E-state index contributed by atoms with van der Waals surface area (Å²) in [5, 5.41) is 0. The molecule has 0 nitrogen and oxygen atoms in total. The van der Waals surface area contributed by atoms with Crippen LogP contribution in [0.2, 0.25) is 0 Å². The molecule has 0 heteroatoms. The summed E-state index contributed by atoms with van der Waals surface area (Å²) in [6.45, 7) is 6.21. The lowest BCUT2D eigenvalue weighted by Crippen LogP contribution is -1.93. The Labute approximate surface area is 107 Å². The third-order valence-electron chi connectivity index (χ3n) is 2.80. The Morgan fingerprint density at radius 1 is 1.06 bits per heavy atom. The van der Waals surface area contributed by atoms with Gasteiger partial charge in [-0.1, -0.05) is 75.4 Å². The minimum Gasteiger partial charge on any atom is -0.0776 e. The number of hydrogen-bond acceptors (Lipinski definition) is 0. The number of hydrogen-bond donors (Lipinski definition) is 0. The number of rotatable bonds is 1. The molecule has 1 aromatic carbocycles. The largest absolute Gasteiger partial charge is 0.0776 e. The van der Waals surface area contributed by atoms with E-state index in [0.29, 0.717) is 5.92 Å². The first kappa shape index (κ1) is 15.7. The van der Waals surface area contributed by atoms with Crippen LogP contribution < -0.4 is 0 Å². The molecule has 0 saturated heterocycles. The SMILES string of the molecule is C.CC.CC1=CC=CC(c2ccccc2)CC1. The standard InChI is InChI=1S/C14H16.C2H6.CH4/c1-12-6-5-9-14(11-10-12)13-7-3-2-4-8-13;1-2;/h2-9,14H,10-11H2,1H3;1-2H3;1H4. The molecule has 1 aromatic rings. The summed E-state index contributed by atoms with van der Waals surface area (Å²) in [6, 6.07) is 10.8.